The van der Waals surface area contributed by atoms with Crippen molar-refractivity contribution in [3.8, 4) is 0 Å². The van der Waals surface area contributed by atoms with Crippen molar-refractivity contribution in [1.82, 2.24) is 0 Å². The van der Waals surface area contributed by atoms with Crippen molar-refractivity contribution in [2.24, 2.45) is 0 Å². The number of hydrogen-bond acceptors (Lipinski definition) is 3. The molecule has 0 aliphatic carbocycles. The third kappa shape index (κ3) is 4.38. The van der Waals surface area contributed by atoms with Gasteiger partial charge in [0.25, 0.3) is 0 Å². The average molecular weight is 432 g/mol. The number of ether oxygens (including phenoxy) is 2. The van der Waals surface area contributed by atoms with E-state index in [0.717, 1.165) is 0 Å². The third-order valence-electron chi connectivity index (χ3n) is 2.24. The van der Waals surface area contributed by atoms with Crippen LogP contribution < -0.4 is 0 Å². The van der Waals surface area contributed by atoms with Gasteiger partial charge in [0.2, 0.25) is 0 Å². The molecule has 3 nitrogen and oxygen atoms in total. The molecule has 0 aliphatic rings. The van der Waals surface area contributed by atoms with Gasteiger partial charge >= 0.3 is 42.5 Å². The number of rotatable bonds is 7. The van der Waals surface area contributed by atoms with Gasteiger partial charge in [-0.05, 0) is 0 Å². The lowest BCUT2D eigenvalue weighted by Gasteiger charge is -2.38. The highest BCUT2D eigenvalue weighted by Crippen LogP contribution is 2.57. The van der Waals surface area contributed by atoms with Crippen LogP contribution in [0.5, 0.6) is 0 Å². The zero-order chi connectivity index (χ0) is 21.6. The van der Waals surface area contributed by atoms with E-state index in [0.29, 0.717) is 0 Å². The van der Waals surface area contributed by atoms with E-state index in [1.807, 2.05) is 4.74 Å². The molecule has 0 saturated carbocycles. The van der Waals surface area contributed by atoms with Gasteiger partial charge in [-0.2, -0.15) is 61.5 Å². The van der Waals surface area contributed by atoms with Gasteiger partial charge in [0.15, 0.2) is 0 Å². The van der Waals surface area contributed by atoms with Crippen molar-refractivity contribution in [3.05, 3.63) is 0 Å². The molecule has 0 atom stereocenters. The molecule has 18 heteroatoms. The van der Waals surface area contributed by atoms with Crippen LogP contribution in [-0.4, -0.2) is 54.2 Å². The van der Waals surface area contributed by atoms with E-state index in [9.17, 15) is 65.9 Å². The van der Waals surface area contributed by atoms with Gasteiger partial charge in [-0.3, -0.25) is 0 Å². The lowest BCUT2D eigenvalue weighted by molar-refractivity contribution is -0.544. The molecule has 0 aliphatic heterocycles. The normalized spacial score (nSPS) is 16.2. The molecule has 0 saturated heterocycles. The van der Waals surface area contributed by atoms with Crippen LogP contribution in [0.1, 0.15) is 0 Å². The Morgan fingerprint density at radius 3 is 1.08 bits per heavy atom. The van der Waals surface area contributed by atoms with Crippen LogP contribution in [0.2, 0.25) is 0 Å². The number of aliphatic hydroxyl groups is 1. The van der Waals surface area contributed by atoms with Crippen molar-refractivity contribution in [1.29, 1.82) is 0 Å². The maximum atomic E-state index is 13.0. The maximum Gasteiger partial charge on any atom is 0.453 e. The molecule has 0 aromatic rings. The summed E-state index contributed by atoms with van der Waals surface area (Å²) in [4.78, 5) is 0. The van der Waals surface area contributed by atoms with E-state index in [1.165, 1.54) is 4.74 Å². The fourth-order valence-electron chi connectivity index (χ4n) is 1.06. The Hall–Kier alpha value is -1.17. The molecule has 158 valence electrons. The van der Waals surface area contributed by atoms with E-state index < -0.39 is 49.1 Å². The topological polar surface area (TPSA) is 38.7 Å². The Morgan fingerprint density at radius 1 is 0.500 bits per heavy atom. The highest BCUT2D eigenvalue weighted by Gasteiger charge is 2.88. The number of hydrogen-bond donors (Lipinski definition) is 1. The van der Waals surface area contributed by atoms with Crippen LogP contribution >= 0.6 is 0 Å². The Kier molecular flexibility index (Phi) is 6.17. The minimum absolute atomic E-state index is 1.33. The van der Waals surface area contributed by atoms with Crippen molar-refractivity contribution >= 4 is 0 Å². The minimum Gasteiger partial charge on any atom is -0.387 e. The highest BCUT2D eigenvalue weighted by atomic mass is 19.4. The Labute approximate surface area is 131 Å². The van der Waals surface area contributed by atoms with Gasteiger partial charge in [0.1, 0.15) is 6.61 Å². The van der Waals surface area contributed by atoms with Crippen LogP contribution in [0.4, 0.5) is 65.9 Å². The van der Waals surface area contributed by atoms with Crippen LogP contribution in [0.25, 0.3) is 0 Å². The van der Waals surface area contributed by atoms with Crippen LogP contribution in [-0.2, 0) is 9.47 Å². The van der Waals surface area contributed by atoms with Gasteiger partial charge in [-0.1, -0.05) is 0 Å². The monoisotopic (exact) mass is 432 g/mol. The van der Waals surface area contributed by atoms with E-state index in [-0.39, 0.29) is 0 Å². The molecular weight excluding hydrogens is 429 g/mol. The smallest absolute Gasteiger partial charge is 0.387 e. The minimum atomic E-state index is -7.94. The van der Waals surface area contributed by atoms with Gasteiger partial charge in [0, 0.05) is 0 Å². The van der Waals surface area contributed by atoms with Crippen LogP contribution in [0.3, 0.4) is 0 Å². The summed E-state index contributed by atoms with van der Waals surface area (Å²) in [6, 6.07) is 0. The molecule has 0 heterocycles. The Bertz CT molecular complexity index is 478. The number of alkyl halides is 15. The summed E-state index contributed by atoms with van der Waals surface area (Å²) in [6.45, 7) is -2.80. The van der Waals surface area contributed by atoms with Gasteiger partial charge < -0.3 is 5.11 Å². The van der Waals surface area contributed by atoms with E-state index in [2.05, 4.69) is 0 Å². The maximum absolute atomic E-state index is 13.0. The van der Waals surface area contributed by atoms with Crippen molar-refractivity contribution < 1.29 is 80.4 Å². The second-order valence-corrected chi connectivity index (χ2v) is 4.20. The Balaban J connectivity index is 6.03. The summed E-state index contributed by atoms with van der Waals surface area (Å²) in [7, 11) is 0. The first-order valence-electron chi connectivity index (χ1n) is 5.32. The molecule has 0 aromatic carbocycles. The third-order valence-corrected chi connectivity index (χ3v) is 2.24. The second kappa shape index (κ2) is 6.47. The van der Waals surface area contributed by atoms with Crippen molar-refractivity contribution in [2.45, 2.75) is 42.5 Å². The van der Waals surface area contributed by atoms with Crippen LogP contribution in [0.15, 0.2) is 0 Å². The van der Waals surface area contributed by atoms with Gasteiger partial charge in [-0.15, -0.1) is 0 Å². The lowest BCUT2D eigenvalue weighted by Crippen LogP contribution is -2.68. The first-order chi connectivity index (χ1) is 11.0. The van der Waals surface area contributed by atoms with Gasteiger partial charge in [-0.25, -0.2) is 13.9 Å². The first kappa shape index (κ1) is 24.8. The number of aliphatic hydroxyl groups excluding tert-OH is 1. The standard InChI is InChI=1S/C8H3F15O3/c9-2(10,1-24)25-7(20,21)8(22,23)26-6(18,19)3(11,4(12,13)14)5(15,16)17/h24H,1H2. The Morgan fingerprint density at radius 2 is 0.808 bits per heavy atom. The van der Waals surface area contributed by atoms with Crippen molar-refractivity contribution in [3.63, 3.8) is 0 Å². The van der Waals surface area contributed by atoms with Crippen molar-refractivity contribution in [2.75, 3.05) is 6.61 Å². The zero-order valence-corrected chi connectivity index (χ0v) is 11.1. The predicted molar refractivity (Wildman–Crippen MR) is 45.0 cm³/mol. The van der Waals surface area contributed by atoms with Gasteiger partial charge in [0.05, 0.1) is 0 Å². The molecule has 0 fully saturated rings. The second-order valence-electron chi connectivity index (χ2n) is 4.20. The lowest BCUT2D eigenvalue weighted by atomic mass is 10.0. The fourth-order valence-corrected chi connectivity index (χ4v) is 1.06. The SMILES string of the molecule is OCC(F)(F)OC(F)(F)C(F)(F)OC(F)(F)C(F)(C(F)(F)F)C(F)(F)F. The zero-order valence-electron chi connectivity index (χ0n) is 11.1. The molecule has 0 bridgehead atoms. The van der Waals surface area contributed by atoms with E-state index in [4.69, 9.17) is 5.11 Å². The molecule has 0 unspecified atom stereocenters. The van der Waals surface area contributed by atoms with E-state index in [1.54, 1.807) is 0 Å². The fraction of sp³-hybridized carbons (Fsp3) is 1.00. The largest absolute Gasteiger partial charge is 0.453 e. The predicted octanol–water partition coefficient (Wildman–Crippen LogP) is 4.22. The van der Waals surface area contributed by atoms with E-state index >= 15 is 0 Å². The first-order valence-corrected chi connectivity index (χ1v) is 5.32. The van der Waals surface area contributed by atoms with Crippen LogP contribution in [0, 0.1) is 0 Å². The number of halogens is 15. The average Bonchev–Trinajstić information content (AvgIpc) is 2.32. The molecule has 26 heavy (non-hydrogen) atoms. The molecule has 0 radical (unpaired) electrons. The molecule has 0 aromatic heterocycles. The highest BCUT2D eigenvalue weighted by molar-refractivity contribution is 5.02. The summed E-state index contributed by atoms with van der Waals surface area (Å²) < 4.78 is 189. The summed E-state index contributed by atoms with van der Waals surface area (Å²) in [6.07, 6.45) is -43.3. The molecule has 1 N–H and O–H groups in total. The quantitative estimate of drug-likeness (QED) is 0.613. The molecular formula is C8H3F15O3. The summed E-state index contributed by atoms with van der Waals surface area (Å²) in [5.41, 5.74) is -7.94. The molecule has 0 spiro atoms. The molecule has 0 amide bonds. The summed E-state index contributed by atoms with van der Waals surface area (Å²) in [5, 5.41) is 7.80. The summed E-state index contributed by atoms with van der Waals surface area (Å²) >= 11 is 0. The summed E-state index contributed by atoms with van der Waals surface area (Å²) in [5.74, 6) is 0. The molecule has 0 rings (SSSR count).